The van der Waals surface area contributed by atoms with Crippen molar-refractivity contribution in [3.8, 4) is 0 Å². The van der Waals surface area contributed by atoms with Crippen LogP contribution in [0.3, 0.4) is 0 Å². The number of aromatic nitrogens is 2. The third-order valence-electron chi connectivity index (χ3n) is 3.49. The summed E-state index contributed by atoms with van der Waals surface area (Å²) in [6.07, 6.45) is 4.41. The minimum Gasteiger partial charge on any atom is -0.372 e. The molecular weight excluding hydrogens is 294 g/mol. The van der Waals surface area contributed by atoms with Crippen molar-refractivity contribution in [3.05, 3.63) is 16.0 Å². The van der Waals surface area contributed by atoms with Crippen molar-refractivity contribution >= 4 is 21.7 Å². The Balaban J connectivity index is 2.45. The molecule has 0 saturated heterocycles. The molecule has 1 fully saturated rings. The molecule has 0 aliphatic heterocycles. The average molecular weight is 314 g/mol. The Morgan fingerprint density at radius 2 is 2.00 bits per heavy atom. The summed E-state index contributed by atoms with van der Waals surface area (Å²) in [7, 11) is 1.87. The number of aryl methyl sites for hydroxylation is 1. The highest BCUT2D eigenvalue weighted by Gasteiger charge is 2.39. The molecule has 0 aromatic carbocycles. The van der Waals surface area contributed by atoms with E-state index in [9.17, 15) is 0 Å². The van der Waals surface area contributed by atoms with E-state index in [1.165, 1.54) is 12.8 Å². The zero-order valence-electron chi connectivity index (χ0n) is 11.2. The predicted octanol–water partition coefficient (Wildman–Crippen LogP) is 3.40. The average Bonchev–Trinajstić information content (AvgIpc) is 2.82. The zero-order chi connectivity index (χ0) is 13.2. The van der Waals surface area contributed by atoms with Crippen LogP contribution >= 0.6 is 15.9 Å². The largest absolute Gasteiger partial charge is 0.372 e. The fourth-order valence-corrected chi connectivity index (χ4v) is 2.96. The lowest BCUT2D eigenvalue weighted by atomic mass is 10.0. The van der Waals surface area contributed by atoms with Gasteiger partial charge in [0.05, 0.1) is 10.2 Å². The molecular formula is C13H20BrN3O. The Morgan fingerprint density at radius 1 is 1.33 bits per heavy atom. The maximum Gasteiger partial charge on any atom is 0.162 e. The van der Waals surface area contributed by atoms with Gasteiger partial charge in [0.1, 0.15) is 11.4 Å². The van der Waals surface area contributed by atoms with Gasteiger partial charge in [-0.25, -0.2) is 9.97 Å². The molecule has 1 saturated carbocycles. The minimum atomic E-state index is -0.272. The summed E-state index contributed by atoms with van der Waals surface area (Å²) in [5.74, 6) is 1.66. The zero-order valence-corrected chi connectivity index (χ0v) is 12.8. The summed E-state index contributed by atoms with van der Waals surface area (Å²) in [5, 5.41) is 3.11. The van der Waals surface area contributed by atoms with E-state index in [0.717, 1.165) is 34.7 Å². The number of ether oxygens (including phenoxy) is 1. The summed E-state index contributed by atoms with van der Waals surface area (Å²) < 4.78 is 6.93. The van der Waals surface area contributed by atoms with E-state index in [-0.39, 0.29) is 5.60 Å². The number of anilines is 1. The maximum atomic E-state index is 6.00. The van der Waals surface area contributed by atoms with Crippen LogP contribution in [0.15, 0.2) is 4.47 Å². The number of nitrogens with zero attached hydrogens (tertiary/aromatic N) is 2. The van der Waals surface area contributed by atoms with Crippen LogP contribution in [0, 0.1) is 6.92 Å². The molecule has 1 aromatic rings. The van der Waals surface area contributed by atoms with Gasteiger partial charge in [0.15, 0.2) is 5.82 Å². The van der Waals surface area contributed by atoms with Crippen molar-refractivity contribution in [3.63, 3.8) is 0 Å². The summed E-state index contributed by atoms with van der Waals surface area (Å²) in [4.78, 5) is 9.26. The SMILES string of the molecule is CCOC1(c2nc(C)c(Br)c(NC)n2)CCCC1. The molecule has 1 aliphatic rings. The standard InChI is InChI=1S/C13H20BrN3O/c1-4-18-13(7-5-6-8-13)12-16-9(2)10(14)11(15-3)17-12/h4-8H2,1-3H3,(H,15,16,17). The Labute approximate surface area is 117 Å². The van der Waals surface area contributed by atoms with Gasteiger partial charge in [0, 0.05) is 13.7 Å². The smallest absolute Gasteiger partial charge is 0.162 e. The molecule has 1 N–H and O–H groups in total. The molecule has 0 amide bonds. The van der Waals surface area contributed by atoms with E-state index < -0.39 is 0 Å². The number of nitrogens with one attached hydrogen (secondary N) is 1. The van der Waals surface area contributed by atoms with Gasteiger partial charge in [-0.2, -0.15) is 0 Å². The lowest BCUT2D eigenvalue weighted by molar-refractivity contribution is -0.0457. The lowest BCUT2D eigenvalue weighted by Gasteiger charge is -2.28. The van der Waals surface area contributed by atoms with E-state index in [1.807, 2.05) is 20.9 Å². The number of hydrogen-bond acceptors (Lipinski definition) is 4. The van der Waals surface area contributed by atoms with Gasteiger partial charge in [-0.1, -0.05) is 0 Å². The van der Waals surface area contributed by atoms with Crippen molar-refractivity contribution < 1.29 is 4.74 Å². The molecule has 0 radical (unpaired) electrons. The molecule has 100 valence electrons. The van der Waals surface area contributed by atoms with E-state index in [1.54, 1.807) is 0 Å². The maximum absolute atomic E-state index is 6.00. The number of rotatable bonds is 4. The molecule has 1 aliphatic carbocycles. The van der Waals surface area contributed by atoms with Gasteiger partial charge in [0.25, 0.3) is 0 Å². The Kier molecular flexibility index (Phi) is 4.22. The van der Waals surface area contributed by atoms with Crippen LogP contribution in [0.1, 0.15) is 44.1 Å². The quantitative estimate of drug-likeness (QED) is 0.925. The van der Waals surface area contributed by atoms with E-state index in [2.05, 4.69) is 31.2 Å². The highest BCUT2D eigenvalue weighted by atomic mass is 79.9. The highest BCUT2D eigenvalue weighted by Crippen LogP contribution is 2.41. The second kappa shape index (κ2) is 5.53. The van der Waals surface area contributed by atoms with Gasteiger partial charge in [-0.3, -0.25) is 0 Å². The van der Waals surface area contributed by atoms with E-state index in [4.69, 9.17) is 4.74 Å². The molecule has 18 heavy (non-hydrogen) atoms. The molecule has 5 heteroatoms. The Hall–Kier alpha value is -0.680. The second-order valence-electron chi connectivity index (χ2n) is 4.68. The van der Waals surface area contributed by atoms with E-state index in [0.29, 0.717) is 6.61 Å². The van der Waals surface area contributed by atoms with Crippen LogP contribution in [0.5, 0.6) is 0 Å². The predicted molar refractivity (Wildman–Crippen MR) is 75.8 cm³/mol. The third-order valence-corrected chi connectivity index (χ3v) is 4.44. The molecule has 4 nitrogen and oxygen atoms in total. The van der Waals surface area contributed by atoms with Crippen molar-refractivity contribution in [2.24, 2.45) is 0 Å². The third kappa shape index (κ3) is 2.38. The van der Waals surface area contributed by atoms with Crippen molar-refractivity contribution in [2.45, 2.75) is 45.1 Å². The fraction of sp³-hybridized carbons (Fsp3) is 0.692. The van der Waals surface area contributed by atoms with E-state index >= 15 is 0 Å². The van der Waals surface area contributed by atoms with Crippen LogP contribution in [0.25, 0.3) is 0 Å². The van der Waals surface area contributed by atoms with Gasteiger partial charge in [-0.15, -0.1) is 0 Å². The molecule has 0 unspecified atom stereocenters. The fourth-order valence-electron chi connectivity index (χ4n) is 2.58. The molecule has 0 atom stereocenters. The van der Waals surface area contributed by atoms with Crippen molar-refractivity contribution in [1.82, 2.24) is 9.97 Å². The first-order valence-corrected chi connectivity index (χ1v) is 7.28. The summed E-state index contributed by atoms with van der Waals surface area (Å²) in [5.41, 5.74) is 0.682. The van der Waals surface area contributed by atoms with Crippen LogP contribution in [-0.2, 0) is 10.3 Å². The normalized spacial score (nSPS) is 18.0. The minimum absolute atomic E-state index is 0.272. The molecule has 2 rings (SSSR count). The van der Waals surface area contributed by atoms with Gasteiger partial charge in [-0.05, 0) is 55.5 Å². The Bertz CT molecular complexity index is 430. The first kappa shape index (κ1) is 13.7. The number of halogens is 1. The molecule has 0 spiro atoms. The lowest BCUT2D eigenvalue weighted by Crippen LogP contribution is -2.29. The summed E-state index contributed by atoms with van der Waals surface area (Å²) >= 11 is 3.51. The second-order valence-corrected chi connectivity index (χ2v) is 5.47. The highest BCUT2D eigenvalue weighted by molar-refractivity contribution is 9.10. The van der Waals surface area contributed by atoms with Crippen LogP contribution in [-0.4, -0.2) is 23.6 Å². The Morgan fingerprint density at radius 3 is 2.56 bits per heavy atom. The first-order chi connectivity index (χ1) is 8.63. The topological polar surface area (TPSA) is 47.0 Å². The molecule has 1 aromatic heterocycles. The summed E-state index contributed by atoms with van der Waals surface area (Å²) in [6, 6.07) is 0. The van der Waals surface area contributed by atoms with Crippen LogP contribution < -0.4 is 5.32 Å². The van der Waals surface area contributed by atoms with Crippen molar-refractivity contribution in [1.29, 1.82) is 0 Å². The molecule has 0 bridgehead atoms. The van der Waals surface area contributed by atoms with Crippen LogP contribution in [0.2, 0.25) is 0 Å². The van der Waals surface area contributed by atoms with Crippen LogP contribution in [0.4, 0.5) is 5.82 Å². The van der Waals surface area contributed by atoms with Gasteiger partial charge < -0.3 is 10.1 Å². The molecule has 1 heterocycles. The van der Waals surface area contributed by atoms with Crippen molar-refractivity contribution in [2.75, 3.05) is 19.0 Å². The van der Waals surface area contributed by atoms with Gasteiger partial charge in [0.2, 0.25) is 0 Å². The first-order valence-electron chi connectivity index (χ1n) is 6.49. The summed E-state index contributed by atoms with van der Waals surface area (Å²) in [6.45, 7) is 4.73. The number of hydrogen-bond donors (Lipinski definition) is 1. The monoisotopic (exact) mass is 313 g/mol. The van der Waals surface area contributed by atoms with Gasteiger partial charge >= 0.3 is 0 Å².